The minimum absolute atomic E-state index is 0.0968. The monoisotopic (exact) mass is 351 g/mol. The maximum Gasteiger partial charge on any atom is 0.411 e. The van der Waals surface area contributed by atoms with Crippen LogP contribution in [0, 0.1) is 17.2 Å². The van der Waals surface area contributed by atoms with Gasteiger partial charge in [-0.1, -0.05) is 25.5 Å². The number of nitrogens with two attached hydrogens (primary N) is 1. The Kier molecular flexibility index (Phi) is 7.04. The minimum atomic E-state index is -1.14. The van der Waals surface area contributed by atoms with Crippen molar-refractivity contribution in [3.63, 3.8) is 0 Å². The molecular weight excluding hydrogens is 318 g/mol. The summed E-state index contributed by atoms with van der Waals surface area (Å²) < 4.78 is 5.51. The van der Waals surface area contributed by atoms with Gasteiger partial charge in [0.25, 0.3) is 0 Å². The molecule has 0 spiro atoms. The molecule has 6 nitrogen and oxygen atoms in total. The second-order valence-electron chi connectivity index (χ2n) is 8.08. The van der Waals surface area contributed by atoms with Gasteiger partial charge in [-0.2, -0.15) is 5.26 Å². The summed E-state index contributed by atoms with van der Waals surface area (Å²) in [5.74, 6) is -0.0968. The van der Waals surface area contributed by atoms with Crippen LogP contribution in [0.3, 0.4) is 0 Å². The highest BCUT2D eigenvalue weighted by atomic mass is 16.6. The Bertz CT molecular complexity index is 531. The highest BCUT2D eigenvalue weighted by molar-refractivity contribution is 5.70. The van der Waals surface area contributed by atoms with Gasteiger partial charge in [0, 0.05) is 5.92 Å². The molecule has 1 rings (SSSR count). The minimum Gasteiger partial charge on any atom is -0.444 e. The van der Waals surface area contributed by atoms with Crippen molar-refractivity contribution in [2.24, 2.45) is 11.7 Å². The molecule has 1 saturated heterocycles. The highest BCUT2D eigenvalue weighted by Gasteiger charge is 2.51. The second kappa shape index (κ2) is 8.20. The lowest BCUT2D eigenvalue weighted by Gasteiger charge is -2.40. The lowest BCUT2D eigenvalue weighted by atomic mass is 9.82. The quantitative estimate of drug-likeness (QED) is 0.742. The van der Waals surface area contributed by atoms with Crippen molar-refractivity contribution in [3.05, 3.63) is 12.2 Å². The average molecular weight is 351 g/mol. The van der Waals surface area contributed by atoms with E-state index in [0.29, 0.717) is 12.8 Å². The number of nitriles is 1. The van der Waals surface area contributed by atoms with Crippen molar-refractivity contribution in [1.82, 2.24) is 4.90 Å². The summed E-state index contributed by atoms with van der Waals surface area (Å²) in [5, 5.41) is 20.4. The van der Waals surface area contributed by atoms with Crippen molar-refractivity contribution in [2.45, 2.75) is 90.1 Å². The second-order valence-corrected chi connectivity index (χ2v) is 8.08. The van der Waals surface area contributed by atoms with E-state index in [4.69, 9.17) is 10.5 Å². The van der Waals surface area contributed by atoms with Crippen LogP contribution in [0.25, 0.3) is 0 Å². The summed E-state index contributed by atoms with van der Waals surface area (Å²) in [6.45, 7) is 10.9. The van der Waals surface area contributed by atoms with Crippen LogP contribution in [0.2, 0.25) is 0 Å². The van der Waals surface area contributed by atoms with Crippen LogP contribution in [0.1, 0.15) is 60.8 Å². The van der Waals surface area contributed by atoms with Crippen molar-refractivity contribution in [1.29, 1.82) is 5.26 Å². The van der Waals surface area contributed by atoms with Gasteiger partial charge < -0.3 is 15.6 Å². The van der Waals surface area contributed by atoms with Crippen LogP contribution in [0.5, 0.6) is 0 Å². The van der Waals surface area contributed by atoms with Gasteiger partial charge in [0.05, 0.1) is 23.8 Å². The Labute approximate surface area is 151 Å². The topological polar surface area (TPSA) is 99.6 Å². The van der Waals surface area contributed by atoms with Crippen LogP contribution in [-0.2, 0) is 4.74 Å². The molecule has 1 aliphatic heterocycles. The SMILES string of the molecule is C/C=C\[C@@H]1C[C@H](C#N)N(C(=O)OC(C)(C)C)[C@H]1[C@@H](N)[C@@](C)(O)CCC. The molecule has 0 bridgehead atoms. The molecule has 0 aromatic heterocycles. The zero-order valence-electron chi connectivity index (χ0n) is 16.3. The number of amides is 1. The standard InChI is InChI=1S/C19H33N3O3/c1-7-9-13-11-14(12-20)22(17(23)25-18(3,4)5)15(13)16(21)19(6,24)10-8-2/h7,9,13-16,24H,8,10-11,21H2,1-6H3/b9-7-/t13-,14-,15-,16-,19+/m1/s1. The molecule has 1 heterocycles. The van der Waals surface area contributed by atoms with Crippen LogP contribution >= 0.6 is 0 Å². The lowest BCUT2D eigenvalue weighted by molar-refractivity contribution is -0.0217. The maximum atomic E-state index is 12.8. The number of nitrogens with zero attached hydrogens (tertiary/aromatic N) is 2. The summed E-state index contributed by atoms with van der Waals surface area (Å²) in [7, 11) is 0. The molecule has 25 heavy (non-hydrogen) atoms. The molecule has 1 aliphatic rings. The van der Waals surface area contributed by atoms with Crippen molar-refractivity contribution >= 4 is 6.09 Å². The Morgan fingerprint density at radius 2 is 2.08 bits per heavy atom. The molecule has 5 atom stereocenters. The number of allylic oxidation sites excluding steroid dienone is 1. The van der Waals surface area contributed by atoms with Crippen LogP contribution in [0.4, 0.5) is 4.79 Å². The summed E-state index contributed by atoms with van der Waals surface area (Å²) >= 11 is 0. The molecule has 142 valence electrons. The first-order valence-corrected chi connectivity index (χ1v) is 9.00. The fourth-order valence-electron chi connectivity index (χ4n) is 3.52. The van der Waals surface area contributed by atoms with Crippen molar-refractivity contribution in [2.75, 3.05) is 0 Å². The molecule has 0 aromatic carbocycles. The molecule has 0 saturated carbocycles. The summed E-state index contributed by atoms with van der Waals surface area (Å²) in [5.41, 5.74) is 4.62. The van der Waals surface area contributed by atoms with Gasteiger partial charge in [0.2, 0.25) is 0 Å². The van der Waals surface area contributed by atoms with Gasteiger partial charge >= 0.3 is 6.09 Å². The molecule has 6 heteroatoms. The summed E-state index contributed by atoms with van der Waals surface area (Å²) in [6.07, 6.45) is 5.08. The number of rotatable bonds is 5. The van der Waals surface area contributed by atoms with Crippen molar-refractivity contribution < 1.29 is 14.6 Å². The Balaban J connectivity index is 3.26. The van der Waals surface area contributed by atoms with E-state index in [9.17, 15) is 15.2 Å². The normalized spacial score (nSPS) is 27.8. The van der Waals surface area contributed by atoms with Gasteiger partial charge in [0.15, 0.2) is 0 Å². The molecular formula is C19H33N3O3. The third kappa shape index (κ3) is 5.20. The Morgan fingerprint density at radius 1 is 1.48 bits per heavy atom. The first-order chi connectivity index (χ1) is 11.5. The molecule has 1 amide bonds. The summed E-state index contributed by atoms with van der Waals surface area (Å²) in [6, 6.07) is 0.401. The number of hydrogen-bond acceptors (Lipinski definition) is 5. The average Bonchev–Trinajstić information content (AvgIpc) is 2.83. The number of carbonyl (C=O) groups excluding carboxylic acids is 1. The van der Waals surface area contributed by atoms with Crippen LogP contribution < -0.4 is 5.73 Å². The molecule has 3 N–H and O–H groups in total. The predicted octanol–water partition coefficient (Wildman–Crippen LogP) is 2.96. The van der Waals surface area contributed by atoms with E-state index in [0.717, 1.165) is 6.42 Å². The van der Waals surface area contributed by atoms with E-state index in [1.807, 2.05) is 26.0 Å². The third-order valence-electron chi connectivity index (χ3n) is 4.63. The Hall–Kier alpha value is -1.58. The zero-order chi connectivity index (χ0) is 19.4. The number of hydrogen-bond donors (Lipinski definition) is 2. The lowest BCUT2D eigenvalue weighted by Crippen LogP contribution is -2.60. The number of aliphatic hydroxyl groups is 1. The van der Waals surface area contributed by atoms with E-state index < -0.39 is 35.4 Å². The molecule has 0 aromatic rings. The van der Waals surface area contributed by atoms with Crippen molar-refractivity contribution in [3.8, 4) is 6.07 Å². The molecule has 0 radical (unpaired) electrons. The van der Waals surface area contributed by atoms with Gasteiger partial charge in [-0.3, -0.25) is 4.90 Å². The number of carbonyl (C=O) groups is 1. The first kappa shape index (κ1) is 21.5. The largest absolute Gasteiger partial charge is 0.444 e. The molecule has 0 unspecified atom stereocenters. The fourth-order valence-corrected chi connectivity index (χ4v) is 3.52. The van der Waals surface area contributed by atoms with Crippen LogP contribution in [0.15, 0.2) is 12.2 Å². The fraction of sp³-hybridized carbons (Fsp3) is 0.789. The van der Waals surface area contributed by atoms with E-state index >= 15 is 0 Å². The molecule has 0 aliphatic carbocycles. The van der Waals surface area contributed by atoms with Crippen LogP contribution in [-0.4, -0.2) is 45.4 Å². The summed E-state index contributed by atoms with van der Waals surface area (Å²) in [4.78, 5) is 14.2. The Morgan fingerprint density at radius 3 is 2.52 bits per heavy atom. The predicted molar refractivity (Wildman–Crippen MR) is 97.7 cm³/mol. The smallest absolute Gasteiger partial charge is 0.411 e. The van der Waals surface area contributed by atoms with Gasteiger partial charge in [-0.05, 0) is 47.5 Å². The number of likely N-dealkylation sites (tertiary alicyclic amines) is 1. The molecule has 1 fully saturated rings. The van der Waals surface area contributed by atoms with Gasteiger partial charge in [-0.25, -0.2) is 4.79 Å². The van der Waals surface area contributed by atoms with E-state index in [1.54, 1.807) is 27.7 Å². The van der Waals surface area contributed by atoms with E-state index in [1.165, 1.54) is 4.90 Å². The van der Waals surface area contributed by atoms with E-state index in [2.05, 4.69) is 6.07 Å². The van der Waals surface area contributed by atoms with E-state index in [-0.39, 0.29) is 5.92 Å². The zero-order valence-corrected chi connectivity index (χ0v) is 16.3. The first-order valence-electron chi connectivity index (χ1n) is 9.00. The van der Waals surface area contributed by atoms with Gasteiger partial charge in [-0.15, -0.1) is 0 Å². The highest BCUT2D eigenvalue weighted by Crippen LogP contribution is 2.37. The maximum absolute atomic E-state index is 12.8. The van der Waals surface area contributed by atoms with Gasteiger partial charge in [0.1, 0.15) is 11.6 Å². The third-order valence-corrected chi connectivity index (χ3v) is 4.63. The number of ether oxygens (including phenoxy) is 1.